The van der Waals surface area contributed by atoms with Crippen molar-refractivity contribution < 1.29 is 22.3 Å². The summed E-state index contributed by atoms with van der Waals surface area (Å²) in [7, 11) is -2.50. The molecule has 3 aromatic rings. The molecule has 3 rings (SSSR count). The number of carbonyl (C=O) groups is 1. The number of halogens is 2. The average molecular weight is 449 g/mol. The molecule has 0 saturated carbocycles. The molecule has 0 heterocycles. The number of ether oxygens (including phenoxy) is 1. The van der Waals surface area contributed by atoms with Crippen LogP contribution in [0.15, 0.2) is 71.6 Å². The summed E-state index contributed by atoms with van der Waals surface area (Å²) in [4.78, 5) is 12.0. The van der Waals surface area contributed by atoms with Gasteiger partial charge in [0.25, 0.3) is 5.91 Å². The number of carbonyl (C=O) groups excluding carboxylic acids is 1. The van der Waals surface area contributed by atoms with Gasteiger partial charge in [0.05, 0.1) is 17.7 Å². The van der Waals surface area contributed by atoms with Crippen LogP contribution in [0.1, 0.15) is 15.9 Å². The molecule has 156 valence electrons. The van der Waals surface area contributed by atoms with E-state index in [9.17, 15) is 17.6 Å². The molecule has 0 aliphatic heterocycles. The summed E-state index contributed by atoms with van der Waals surface area (Å²) < 4.78 is 47.1. The fourth-order valence-corrected chi connectivity index (χ4v) is 3.81. The summed E-state index contributed by atoms with van der Waals surface area (Å²) in [6, 6.07) is 16.3. The van der Waals surface area contributed by atoms with Crippen LogP contribution >= 0.6 is 11.6 Å². The van der Waals surface area contributed by atoms with Crippen LogP contribution < -0.4 is 14.8 Å². The normalized spacial score (nSPS) is 11.2. The largest absolute Gasteiger partial charge is 0.496 e. The first-order chi connectivity index (χ1) is 14.3. The van der Waals surface area contributed by atoms with Crippen molar-refractivity contribution in [1.82, 2.24) is 4.72 Å². The molecule has 6 nitrogen and oxygen atoms in total. The fourth-order valence-electron chi connectivity index (χ4n) is 2.67. The fraction of sp³-hybridized carbons (Fsp3) is 0.0952. The summed E-state index contributed by atoms with van der Waals surface area (Å²) in [6.07, 6.45) is 0. The number of rotatable bonds is 7. The van der Waals surface area contributed by atoms with Gasteiger partial charge in [-0.05, 0) is 48.5 Å². The van der Waals surface area contributed by atoms with Crippen LogP contribution in [0.25, 0.3) is 0 Å². The zero-order valence-corrected chi connectivity index (χ0v) is 17.4. The molecule has 9 heteroatoms. The molecule has 0 fully saturated rings. The number of methoxy groups -OCH3 is 1. The van der Waals surface area contributed by atoms with Crippen molar-refractivity contribution in [3.63, 3.8) is 0 Å². The Labute approximate surface area is 178 Å². The maximum atomic E-state index is 14.5. The molecule has 1 amide bonds. The van der Waals surface area contributed by atoms with Crippen LogP contribution in [-0.4, -0.2) is 21.4 Å². The van der Waals surface area contributed by atoms with Crippen LogP contribution in [0.4, 0.5) is 10.1 Å². The standard InChI is InChI=1S/C21H18ClFN2O4S/c1-29-20-5-3-2-4-15(20)13-24-30(27,28)17-10-11-19(18(23)12-17)25-21(26)14-6-8-16(22)9-7-14/h2-12,24H,13H2,1H3,(H,25,26). The van der Waals surface area contributed by atoms with Gasteiger partial charge in [0.15, 0.2) is 0 Å². The molecule has 2 N–H and O–H groups in total. The second-order valence-corrected chi connectivity index (χ2v) is 8.44. The quantitative estimate of drug-likeness (QED) is 0.566. The molecule has 0 atom stereocenters. The molecule has 0 unspecified atom stereocenters. The Balaban J connectivity index is 1.73. The van der Waals surface area contributed by atoms with Gasteiger partial charge in [-0.1, -0.05) is 29.8 Å². The van der Waals surface area contributed by atoms with Crippen LogP contribution in [0.2, 0.25) is 5.02 Å². The van der Waals surface area contributed by atoms with E-state index in [-0.39, 0.29) is 22.7 Å². The van der Waals surface area contributed by atoms with E-state index < -0.39 is 21.7 Å². The monoisotopic (exact) mass is 448 g/mol. The summed E-state index contributed by atoms with van der Waals surface area (Å²) in [5.41, 5.74) is 0.781. The zero-order valence-electron chi connectivity index (χ0n) is 15.9. The van der Waals surface area contributed by atoms with Gasteiger partial charge in [-0.25, -0.2) is 17.5 Å². The number of anilines is 1. The van der Waals surface area contributed by atoms with E-state index in [0.717, 1.165) is 6.07 Å². The minimum absolute atomic E-state index is 0.0248. The first-order valence-electron chi connectivity index (χ1n) is 8.78. The number of sulfonamides is 1. The van der Waals surface area contributed by atoms with Crippen molar-refractivity contribution in [3.8, 4) is 5.75 Å². The highest BCUT2D eigenvalue weighted by Crippen LogP contribution is 2.22. The molecule has 0 aliphatic carbocycles. The van der Waals surface area contributed by atoms with Gasteiger partial charge >= 0.3 is 0 Å². The van der Waals surface area contributed by atoms with Gasteiger partial charge in [-0.2, -0.15) is 0 Å². The van der Waals surface area contributed by atoms with E-state index in [1.165, 1.54) is 43.5 Å². The molecular weight excluding hydrogens is 431 g/mol. The van der Waals surface area contributed by atoms with Crippen LogP contribution in [0, 0.1) is 5.82 Å². The Morgan fingerprint density at radius 2 is 1.77 bits per heavy atom. The molecular formula is C21H18ClFN2O4S. The second-order valence-electron chi connectivity index (χ2n) is 6.24. The molecule has 0 saturated heterocycles. The predicted octanol–water partition coefficient (Wildman–Crippen LogP) is 4.22. The van der Waals surface area contributed by atoms with Crippen molar-refractivity contribution in [2.24, 2.45) is 0 Å². The smallest absolute Gasteiger partial charge is 0.255 e. The number of para-hydroxylation sites is 1. The van der Waals surface area contributed by atoms with Gasteiger partial charge < -0.3 is 10.1 Å². The lowest BCUT2D eigenvalue weighted by molar-refractivity contribution is 0.102. The Bertz CT molecular complexity index is 1170. The molecule has 0 aliphatic rings. The third-order valence-corrected chi connectivity index (χ3v) is 5.90. The molecule has 30 heavy (non-hydrogen) atoms. The number of hydrogen-bond donors (Lipinski definition) is 2. The topological polar surface area (TPSA) is 84.5 Å². The van der Waals surface area contributed by atoms with Crippen molar-refractivity contribution >= 4 is 33.2 Å². The van der Waals surface area contributed by atoms with E-state index in [0.29, 0.717) is 16.3 Å². The van der Waals surface area contributed by atoms with Crippen LogP contribution in [-0.2, 0) is 16.6 Å². The Morgan fingerprint density at radius 1 is 1.07 bits per heavy atom. The van der Waals surface area contributed by atoms with E-state index in [1.54, 1.807) is 24.3 Å². The van der Waals surface area contributed by atoms with E-state index in [2.05, 4.69) is 10.0 Å². The van der Waals surface area contributed by atoms with Crippen molar-refractivity contribution in [3.05, 3.63) is 88.7 Å². The maximum absolute atomic E-state index is 14.5. The summed E-state index contributed by atoms with van der Waals surface area (Å²) in [5.74, 6) is -0.889. The summed E-state index contributed by atoms with van der Waals surface area (Å²) in [5, 5.41) is 2.87. The second kappa shape index (κ2) is 9.25. The van der Waals surface area contributed by atoms with Crippen LogP contribution in [0.3, 0.4) is 0 Å². The maximum Gasteiger partial charge on any atom is 0.255 e. The first-order valence-corrected chi connectivity index (χ1v) is 10.6. The highest BCUT2D eigenvalue weighted by Gasteiger charge is 2.18. The molecule has 0 bridgehead atoms. The Kier molecular flexibility index (Phi) is 6.71. The third-order valence-electron chi connectivity index (χ3n) is 4.25. The lowest BCUT2D eigenvalue weighted by atomic mass is 10.2. The van der Waals surface area contributed by atoms with Crippen LogP contribution in [0.5, 0.6) is 5.75 Å². The van der Waals surface area contributed by atoms with Gasteiger partial charge in [-0.3, -0.25) is 4.79 Å². The lowest BCUT2D eigenvalue weighted by Crippen LogP contribution is -2.23. The zero-order chi connectivity index (χ0) is 21.7. The van der Waals surface area contributed by atoms with Gasteiger partial charge in [0.1, 0.15) is 11.6 Å². The van der Waals surface area contributed by atoms with Gasteiger partial charge in [-0.15, -0.1) is 0 Å². The number of benzene rings is 3. The summed E-state index contributed by atoms with van der Waals surface area (Å²) >= 11 is 5.78. The highest BCUT2D eigenvalue weighted by molar-refractivity contribution is 7.89. The van der Waals surface area contributed by atoms with Gasteiger partial charge in [0.2, 0.25) is 10.0 Å². The Hall–Kier alpha value is -2.94. The highest BCUT2D eigenvalue weighted by atomic mass is 35.5. The molecule has 0 aromatic heterocycles. The van der Waals surface area contributed by atoms with Crippen molar-refractivity contribution in [2.75, 3.05) is 12.4 Å². The lowest BCUT2D eigenvalue weighted by Gasteiger charge is -2.11. The molecule has 0 spiro atoms. The third kappa shape index (κ3) is 5.15. The predicted molar refractivity (Wildman–Crippen MR) is 113 cm³/mol. The molecule has 3 aromatic carbocycles. The van der Waals surface area contributed by atoms with Gasteiger partial charge in [0, 0.05) is 22.7 Å². The minimum Gasteiger partial charge on any atom is -0.496 e. The first kappa shape index (κ1) is 21.8. The Morgan fingerprint density at radius 3 is 2.43 bits per heavy atom. The SMILES string of the molecule is COc1ccccc1CNS(=O)(=O)c1ccc(NC(=O)c2ccc(Cl)cc2)c(F)c1. The van der Waals surface area contributed by atoms with Crippen molar-refractivity contribution in [1.29, 1.82) is 0 Å². The number of nitrogens with one attached hydrogen (secondary N) is 2. The minimum atomic E-state index is -3.98. The van der Waals surface area contributed by atoms with E-state index >= 15 is 0 Å². The van der Waals surface area contributed by atoms with Crippen molar-refractivity contribution in [2.45, 2.75) is 11.4 Å². The van der Waals surface area contributed by atoms with E-state index in [1.807, 2.05) is 0 Å². The average Bonchev–Trinajstić information content (AvgIpc) is 2.74. The molecule has 0 radical (unpaired) electrons. The summed E-state index contributed by atoms with van der Waals surface area (Å²) in [6.45, 7) is -0.0248. The van der Waals surface area contributed by atoms with E-state index in [4.69, 9.17) is 16.3 Å². The number of amides is 1. The number of hydrogen-bond acceptors (Lipinski definition) is 4.